The van der Waals surface area contributed by atoms with Gasteiger partial charge in [-0.15, -0.1) is 11.6 Å². The van der Waals surface area contributed by atoms with Crippen molar-refractivity contribution in [1.82, 2.24) is 5.32 Å². The molecule has 0 radical (unpaired) electrons. The maximum absolute atomic E-state index is 11.4. The third-order valence-electron chi connectivity index (χ3n) is 2.09. The fourth-order valence-corrected chi connectivity index (χ4v) is 1.63. The number of rotatable bonds is 4. The van der Waals surface area contributed by atoms with E-state index in [0.29, 0.717) is 12.4 Å². The molecule has 82 valence electrons. The number of hydrogen-bond donors (Lipinski definition) is 1. The summed E-state index contributed by atoms with van der Waals surface area (Å²) in [5, 5.41) is 2.84. The molecule has 1 amide bonds. The molecule has 1 aromatic carbocycles. The van der Waals surface area contributed by atoms with Crippen molar-refractivity contribution in [1.29, 1.82) is 0 Å². The smallest absolute Gasteiger partial charge is 0.224 e. The molecule has 1 unspecified atom stereocenters. The van der Waals surface area contributed by atoms with E-state index in [4.69, 9.17) is 11.6 Å². The molecule has 0 aliphatic carbocycles. The number of benzene rings is 1. The summed E-state index contributed by atoms with van der Waals surface area (Å²) in [5.41, 5.74) is 1.06. The Bertz CT molecular complexity index is 343. The van der Waals surface area contributed by atoms with E-state index in [0.717, 1.165) is 10.0 Å². The van der Waals surface area contributed by atoms with Crippen LogP contribution in [0.1, 0.15) is 12.5 Å². The molecule has 1 rings (SSSR count). The number of alkyl halides is 1. The molecule has 0 aromatic heterocycles. The van der Waals surface area contributed by atoms with Gasteiger partial charge in [-0.2, -0.15) is 0 Å². The number of carbonyl (C=O) groups is 1. The Balaban J connectivity index is 2.51. The summed E-state index contributed by atoms with van der Waals surface area (Å²) >= 11 is 9.01. The summed E-state index contributed by atoms with van der Waals surface area (Å²) in [4.78, 5) is 11.4. The van der Waals surface area contributed by atoms with Gasteiger partial charge in [0.15, 0.2) is 0 Å². The first kappa shape index (κ1) is 12.5. The van der Waals surface area contributed by atoms with Crippen molar-refractivity contribution in [3.05, 3.63) is 34.3 Å². The second-order valence-electron chi connectivity index (χ2n) is 3.36. The fourth-order valence-electron chi connectivity index (χ4n) is 1.07. The number of nitrogens with one attached hydrogen (secondary N) is 1. The van der Waals surface area contributed by atoms with Crippen molar-refractivity contribution in [2.75, 3.05) is 5.88 Å². The topological polar surface area (TPSA) is 29.1 Å². The normalized spacial score (nSPS) is 12.2. The summed E-state index contributed by atoms with van der Waals surface area (Å²) in [6.45, 7) is 2.34. The third-order valence-corrected chi connectivity index (χ3v) is 3.33. The average Bonchev–Trinajstić information content (AvgIpc) is 2.26. The quantitative estimate of drug-likeness (QED) is 0.849. The van der Waals surface area contributed by atoms with Crippen LogP contribution in [0.25, 0.3) is 0 Å². The Labute approximate surface area is 103 Å². The highest BCUT2D eigenvalue weighted by molar-refractivity contribution is 9.10. The molecule has 0 fully saturated rings. The van der Waals surface area contributed by atoms with Crippen LogP contribution in [0.2, 0.25) is 0 Å². The molecule has 0 saturated carbocycles. The number of hydrogen-bond acceptors (Lipinski definition) is 1. The van der Waals surface area contributed by atoms with Crippen molar-refractivity contribution in [2.45, 2.75) is 13.5 Å². The molecule has 0 bridgehead atoms. The molecule has 0 aliphatic rings. The van der Waals surface area contributed by atoms with Crippen molar-refractivity contribution >= 4 is 33.4 Å². The zero-order chi connectivity index (χ0) is 11.3. The first-order valence-corrected chi connectivity index (χ1v) is 6.05. The number of amides is 1. The summed E-state index contributed by atoms with van der Waals surface area (Å²) in [5.74, 6) is 0.192. The van der Waals surface area contributed by atoms with Crippen LogP contribution in [0, 0.1) is 5.92 Å². The van der Waals surface area contributed by atoms with Gasteiger partial charge in [-0.05, 0) is 11.6 Å². The summed E-state index contributed by atoms with van der Waals surface area (Å²) in [6.07, 6.45) is 0. The standard InChI is InChI=1S/C11H13BrClNO/c1-8(6-13)11(15)14-7-9-4-2-3-5-10(9)12/h2-5,8H,6-7H2,1H3,(H,14,15). The molecule has 1 atom stereocenters. The van der Waals surface area contributed by atoms with Gasteiger partial charge in [-0.3, -0.25) is 4.79 Å². The van der Waals surface area contributed by atoms with Crippen LogP contribution in [0.5, 0.6) is 0 Å². The predicted molar refractivity (Wildman–Crippen MR) is 65.9 cm³/mol. The van der Waals surface area contributed by atoms with Gasteiger partial charge >= 0.3 is 0 Å². The van der Waals surface area contributed by atoms with Crippen molar-refractivity contribution in [3.63, 3.8) is 0 Å². The van der Waals surface area contributed by atoms with Crippen LogP contribution >= 0.6 is 27.5 Å². The van der Waals surface area contributed by atoms with E-state index >= 15 is 0 Å². The van der Waals surface area contributed by atoms with E-state index in [1.165, 1.54) is 0 Å². The van der Waals surface area contributed by atoms with Gasteiger partial charge in [0.2, 0.25) is 5.91 Å². The predicted octanol–water partition coefficient (Wildman–Crippen LogP) is 2.94. The van der Waals surface area contributed by atoms with Gasteiger partial charge in [0.25, 0.3) is 0 Å². The zero-order valence-electron chi connectivity index (χ0n) is 8.47. The molecular weight excluding hydrogens is 277 g/mol. The van der Waals surface area contributed by atoms with Crippen LogP contribution in [-0.2, 0) is 11.3 Å². The lowest BCUT2D eigenvalue weighted by Gasteiger charge is -2.10. The molecule has 4 heteroatoms. The van der Waals surface area contributed by atoms with Gasteiger partial charge in [-0.1, -0.05) is 41.1 Å². The Morgan fingerprint density at radius 2 is 2.20 bits per heavy atom. The van der Waals surface area contributed by atoms with Crippen LogP contribution in [0.4, 0.5) is 0 Å². The number of carbonyl (C=O) groups excluding carboxylic acids is 1. The Hall–Kier alpha value is -0.540. The molecule has 0 saturated heterocycles. The molecule has 15 heavy (non-hydrogen) atoms. The largest absolute Gasteiger partial charge is 0.352 e. The molecular formula is C11H13BrClNO. The van der Waals surface area contributed by atoms with Crippen molar-refractivity contribution < 1.29 is 4.79 Å². The highest BCUT2D eigenvalue weighted by atomic mass is 79.9. The second kappa shape index (κ2) is 6.13. The Morgan fingerprint density at radius 3 is 2.80 bits per heavy atom. The van der Waals surface area contributed by atoms with E-state index in [-0.39, 0.29) is 11.8 Å². The minimum absolute atomic E-state index is 0.0132. The molecule has 1 N–H and O–H groups in total. The second-order valence-corrected chi connectivity index (χ2v) is 4.53. The molecule has 0 aliphatic heterocycles. The maximum Gasteiger partial charge on any atom is 0.224 e. The average molecular weight is 291 g/mol. The van der Waals surface area contributed by atoms with Gasteiger partial charge in [-0.25, -0.2) is 0 Å². The van der Waals surface area contributed by atoms with Gasteiger partial charge in [0, 0.05) is 22.8 Å². The van der Waals surface area contributed by atoms with Gasteiger partial charge in [0.1, 0.15) is 0 Å². The lowest BCUT2D eigenvalue weighted by atomic mass is 10.2. The van der Waals surface area contributed by atoms with E-state index in [1.807, 2.05) is 31.2 Å². The van der Waals surface area contributed by atoms with E-state index < -0.39 is 0 Å². The van der Waals surface area contributed by atoms with E-state index in [1.54, 1.807) is 0 Å². The molecule has 1 aromatic rings. The van der Waals surface area contributed by atoms with E-state index in [2.05, 4.69) is 21.2 Å². The van der Waals surface area contributed by atoms with Crippen LogP contribution in [0.15, 0.2) is 28.7 Å². The summed E-state index contributed by atoms with van der Waals surface area (Å²) in [7, 11) is 0. The highest BCUT2D eigenvalue weighted by Crippen LogP contribution is 2.15. The maximum atomic E-state index is 11.4. The monoisotopic (exact) mass is 289 g/mol. The number of halogens is 2. The lowest BCUT2D eigenvalue weighted by Crippen LogP contribution is -2.29. The third kappa shape index (κ3) is 3.84. The molecule has 0 heterocycles. The zero-order valence-corrected chi connectivity index (χ0v) is 10.8. The highest BCUT2D eigenvalue weighted by Gasteiger charge is 2.10. The van der Waals surface area contributed by atoms with E-state index in [9.17, 15) is 4.79 Å². The fraction of sp³-hybridized carbons (Fsp3) is 0.364. The van der Waals surface area contributed by atoms with Gasteiger partial charge < -0.3 is 5.32 Å². The lowest BCUT2D eigenvalue weighted by molar-refractivity contribution is -0.124. The van der Waals surface area contributed by atoms with Crippen LogP contribution in [0.3, 0.4) is 0 Å². The first-order chi connectivity index (χ1) is 7.15. The summed E-state index contributed by atoms with van der Waals surface area (Å²) in [6, 6.07) is 7.80. The molecule has 2 nitrogen and oxygen atoms in total. The minimum Gasteiger partial charge on any atom is -0.352 e. The minimum atomic E-state index is -0.144. The Kier molecular flexibility index (Phi) is 5.12. The van der Waals surface area contributed by atoms with Crippen LogP contribution in [-0.4, -0.2) is 11.8 Å². The van der Waals surface area contributed by atoms with Crippen molar-refractivity contribution in [2.24, 2.45) is 5.92 Å². The molecule has 0 spiro atoms. The van der Waals surface area contributed by atoms with Crippen LogP contribution < -0.4 is 5.32 Å². The Morgan fingerprint density at radius 1 is 1.53 bits per heavy atom. The SMILES string of the molecule is CC(CCl)C(=O)NCc1ccccc1Br. The van der Waals surface area contributed by atoms with Gasteiger partial charge in [0.05, 0.1) is 0 Å². The summed E-state index contributed by atoms with van der Waals surface area (Å²) < 4.78 is 1.00. The first-order valence-electron chi connectivity index (χ1n) is 4.72. The van der Waals surface area contributed by atoms with Crippen molar-refractivity contribution in [3.8, 4) is 0 Å².